The zero-order valence-corrected chi connectivity index (χ0v) is 11.6. The molecule has 0 bridgehead atoms. The molecule has 0 amide bonds. The Labute approximate surface area is 114 Å². The summed E-state index contributed by atoms with van der Waals surface area (Å²) in [6.45, 7) is 5.22. The van der Waals surface area contributed by atoms with E-state index in [2.05, 4.69) is 25.7 Å². The third-order valence-electron chi connectivity index (χ3n) is 2.79. The van der Waals surface area contributed by atoms with Crippen molar-refractivity contribution < 1.29 is 14.2 Å². The van der Waals surface area contributed by atoms with Crippen molar-refractivity contribution in [2.24, 2.45) is 5.92 Å². The summed E-state index contributed by atoms with van der Waals surface area (Å²) < 4.78 is 19.0. The van der Waals surface area contributed by atoms with Crippen molar-refractivity contribution in [3.8, 4) is 11.8 Å². The lowest BCUT2D eigenvalue weighted by atomic mass is 10.1. The number of benzene rings is 1. The van der Waals surface area contributed by atoms with Crippen LogP contribution in [0.4, 0.5) is 4.39 Å². The molecule has 0 aliphatic heterocycles. The van der Waals surface area contributed by atoms with E-state index in [0.717, 1.165) is 18.4 Å². The molecule has 0 saturated carbocycles. The maximum absolute atomic E-state index is 13.4. The van der Waals surface area contributed by atoms with Gasteiger partial charge in [-0.05, 0) is 30.0 Å². The normalized spacial score (nSPS) is 11.8. The molecule has 0 fully saturated rings. The lowest BCUT2D eigenvalue weighted by Gasteiger charge is -2.11. The van der Waals surface area contributed by atoms with Gasteiger partial charge in [0, 0.05) is 6.61 Å². The second-order valence-corrected chi connectivity index (χ2v) is 4.68. The van der Waals surface area contributed by atoms with E-state index in [1.54, 1.807) is 12.1 Å². The largest absolute Gasteiger partial charge is 0.384 e. The van der Waals surface area contributed by atoms with Crippen LogP contribution in [-0.2, 0) is 11.3 Å². The summed E-state index contributed by atoms with van der Waals surface area (Å²) in [5.41, 5.74) is 1.20. The second-order valence-electron chi connectivity index (χ2n) is 4.68. The molecule has 1 rings (SSSR count). The smallest absolute Gasteiger partial charge is 0.138 e. The standard InChI is InChI=1S/C16H21FO2/c1-3-5-13(2)11-19-12-14-7-8-16(17)15(10-14)6-4-9-18/h7-8,10,13,18H,3,5,9,11-12H2,1-2H3. The van der Waals surface area contributed by atoms with Crippen LogP contribution in [0, 0.1) is 23.6 Å². The Morgan fingerprint density at radius 3 is 2.89 bits per heavy atom. The van der Waals surface area contributed by atoms with Gasteiger partial charge in [0.25, 0.3) is 0 Å². The van der Waals surface area contributed by atoms with Crippen LogP contribution in [0.3, 0.4) is 0 Å². The average molecular weight is 264 g/mol. The van der Waals surface area contributed by atoms with Gasteiger partial charge in [-0.2, -0.15) is 0 Å². The molecule has 0 saturated heterocycles. The third kappa shape index (κ3) is 5.87. The number of ether oxygens (including phenoxy) is 1. The van der Waals surface area contributed by atoms with E-state index in [0.29, 0.717) is 24.7 Å². The second kappa shape index (κ2) is 8.68. The summed E-state index contributed by atoms with van der Waals surface area (Å²) in [6, 6.07) is 4.75. The molecule has 1 aromatic carbocycles. The Kier molecular flexibility index (Phi) is 7.17. The molecule has 0 aliphatic rings. The molecule has 0 aromatic heterocycles. The molecule has 1 aromatic rings. The minimum atomic E-state index is -0.371. The van der Waals surface area contributed by atoms with Crippen molar-refractivity contribution in [1.82, 2.24) is 0 Å². The minimum Gasteiger partial charge on any atom is -0.384 e. The first kappa shape index (κ1) is 15.7. The number of aliphatic hydroxyl groups is 1. The van der Waals surface area contributed by atoms with Crippen molar-refractivity contribution in [3.05, 3.63) is 35.1 Å². The zero-order valence-electron chi connectivity index (χ0n) is 11.6. The molecule has 1 unspecified atom stereocenters. The van der Waals surface area contributed by atoms with Crippen LogP contribution in [0.2, 0.25) is 0 Å². The summed E-state index contributed by atoms with van der Waals surface area (Å²) in [5, 5.41) is 8.62. The zero-order chi connectivity index (χ0) is 14.1. The molecular formula is C16H21FO2. The van der Waals surface area contributed by atoms with Crippen LogP contribution in [0.5, 0.6) is 0 Å². The van der Waals surface area contributed by atoms with Crippen molar-refractivity contribution in [1.29, 1.82) is 0 Å². The summed E-state index contributed by atoms with van der Waals surface area (Å²) in [4.78, 5) is 0. The van der Waals surface area contributed by atoms with Crippen molar-refractivity contribution in [2.45, 2.75) is 33.3 Å². The van der Waals surface area contributed by atoms with Gasteiger partial charge in [0.05, 0.1) is 12.2 Å². The Morgan fingerprint density at radius 1 is 1.42 bits per heavy atom. The number of hydrogen-bond acceptors (Lipinski definition) is 2. The van der Waals surface area contributed by atoms with E-state index in [9.17, 15) is 4.39 Å². The third-order valence-corrected chi connectivity index (χ3v) is 2.79. The molecule has 0 heterocycles. The quantitative estimate of drug-likeness (QED) is 0.800. The van der Waals surface area contributed by atoms with E-state index in [1.807, 2.05) is 0 Å². The maximum atomic E-state index is 13.4. The summed E-state index contributed by atoms with van der Waals surface area (Å²) in [7, 11) is 0. The van der Waals surface area contributed by atoms with Crippen LogP contribution in [-0.4, -0.2) is 18.3 Å². The number of halogens is 1. The van der Waals surface area contributed by atoms with Crippen LogP contribution in [0.25, 0.3) is 0 Å². The first-order valence-electron chi connectivity index (χ1n) is 6.63. The van der Waals surface area contributed by atoms with E-state index < -0.39 is 0 Å². The Hall–Kier alpha value is -1.37. The van der Waals surface area contributed by atoms with E-state index in [-0.39, 0.29) is 12.4 Å². The monoisotopic (exact) mass is 264 g/mol. The fraction of sp³-hybridized carbons (Fsp3) is 0.500. The molecular weight excluding hydrogens is 243 g/mol. The molecule has 1 N–H and O–H groups in total. The van der Waals surface area contributed by atoms with E-state index in [4.69, 9.17) is 9.84 Å². The van der Waals surface area contributed by atoms with Crippen molar-refractivity contribution >= 4 is 0 Å². The van der Waals surface area contributed by atoms with Crippen molar-refractivity contribution in [2.75, 3.05) is 13.2 Å². The van der Waals surface area contributed by atoms with Gasteiger partial charge in [0.2, 0.25) is 0 Å². The molecule has 19 heavy (non-hydrogen) atoms. The number of rotatable bonds is 6. The van der Waals surface area contributed by atoms with Gasteiger partial charge in [-0.25, -0.2) is 4.39 Å². The molecule has 0 aliphatic carbocycles. The molecule has 2 nitrogen and oxygen atoms in total. The molecule has 3 heteroatoms. The highest BCUT2D eigenvalue weighted by Crippen LogP contribution is 2.12. The topological polar surface area (TPSA) is 29.5 Å². The molecule has 0 radical (unpaired) electrons. The highest BCUT2D eigenvalue weighted by Gasteiger charge is 2.04. The lowest BCUT2D eigenvalue weighted by Crippen LogP contribution is -2.05. The predicted molar refractivity (Wildman–Crippen MR) is 74.1 cm³/mol. The van der Waals surface area contributed by atoms with Gasteiger partial charge < -0.3 is 9.84 Å². The SMILES string of the molecule is CCCC(C)COCc1ccc(F)c(C#CCO)c1. The van der Waals surface area contributed by atoms with E-state index >= 15 is 0 Å². The van der Waals surface area contributed by atoms with Crippen LogP contribution in [0.1, 0.15) is 37.8 Å². The van der Waals surface area contributed by atoms with Gasteiger partial charge >= 0.3 is 0 Å². The molecule has 104 valence electrons. The highest BCUT2D eigenvalue weighted by molar-refractivity contribution is 5.38. The average Bonchev–Trinajstić information content (AvgIpc) is 2.39. The summed E-state index contributed by atoms with van der Waals surface area (Å²) in [5.74, 6) is 5.21. The highest BCUT2D eigenvalue weighted by atomic mass is 19.1. The Balaban J connectivity index is 2.55. The van der Waals surface area contributed by atoms with Gasteiger partial charge in [-0.15, -0.1) is 0 Å². The van der Waals surface area contributed by atoms with Crippen LogP contribution < -0.4 is 0 Å². The Morgan fingerprint density at radius 2 is 2.21 bits per heavy atom. The fourth-order valence-corrected chi connectivity index (χ4v) is 1.85. The lowest BCUT2D eigenvalue weighted by molar-refractivity contribution is 0.0893. The maximum Gasteiger partial charge on any atom is 0.138 e. The van der Waals surface area contributed by atoms with Crippen LogP contribution >= 0.6 is 0 Å². The number of aliphatic hydroxyl groups excluding tert-OH is 1. The van der Waals surface area contributed by atoms with Gasteiger partial charge in [-0.3, -0.25) is 0 Å². The summed E-state index contributed by atoms with van der Waals surface area (Å²) >= 11 is 0. The van der Waals surface area contributed by atoms with Gasteiger partial charge in [0.1, 0.15) is 12.4 Å². The van der Waals surface area contributed by atoms with Gasteiger partial charge in [-0.1, -0.05) is 38.2 Å². The fourth-order valence-electron chi connectivity index (χ4n) is 1.85. The summed E-state index contributed by atoms with van der Waals surface area (Å²) in [6.07, 6.45) is 2.30. The van der Waals surface area contributed by atoms with Gasteiger partial charge in [0.15, 0.2) is 0 Å². The van der Waals surface area contributed by atoms with E-state index in [1.165, 1.54) is 6.07 Å². The first-order valence-corrected chi connectivity index (χ1v) is 6.63. The molecule has 0 spiro atoms. The Bertz CT molecular complexity index is 446. The van der Waals surface area contributed by atoms with Crippen LogP contribution in [0.15, 0.2) is 18.2 Å². The molecule has 1 atom stereocenters. The van der Waals surface area contributed by atoms with Crippen molar-refractivity contribution in [3.63, 3.8) is 0 Å². The number of hydrogen-bond donors (Lipinski definition) is 1. The minimum absolute atomic E-state index is 0.269. The predicted octanol–water partition coefficient (Wildman–Crippen LogP) is 3.12. The first-order chi connectivity index (χ1) is 9.17.